The van der Waals surface area contributed by atoms with Crippen LogP contribution in [0.15, 0.2) is 70.5 Å². The first-order valence-corrected chi connectivity index (χ1v) is 11.9. The molecule has 34 heavy (non-hydrogen) atoms. The van der Waals surface area contributed by atoms with Crippen molar-refractivity contribution in [1.82, 2.24) is 4.98 Å². The van der Waals surface area contributed by atoms with Gasteiger partial charge in [0.25, 0.3) is 5.91 Å². The van der Waals surface area contributed by atoms with E-state index in [4.69, 9.17) is 9.40 Å². The molecule has 5 rings (SSSR count). The Labute approximate surface area is 201 Å². The van der Waals surface area contributed by atoms with Gasteiger partial charge in [-0.25, -0.2) is 4.98 Å². The number of nitrogens with zero attached hydrogens (tertiary/aromatic N) is 2. The minimum atomic E-state index is -0.826. The lowest BCUT2D eigenvalue weighted by molar-refractivity contribution is -0.117. The molecule has 1 atom stereocenters. The van der Waals surface area contributed by atoms with Gasteiger partial charge in [-0.15, -0.1) is 0 Å². The molecule has 0 fully saturated rings. The number of aromatic nitrogens is 1. The first-order valence-electron chi connectivity index (χ1n) is 11.1. The minimum Gasteiger partial charge on any atom is -0.503 e. The number of fused-ring (bicyclic) bond motifs is 1. The molecule has 2 aromatic heterocycles. The molecule has 0 bridgehead atoms. The zero-order valence-electron chi connectivity index (χ0n) is 19.3. The molecule has 172 valence electrons. The van der Waals surface area contributed by atoms with Gasteiger partial charge < -0.3 is 9.52 Å². The van der Waals surface area contributed by atoms with E-state index in [0.29, 0.717) is 16.6 Å². The van der Waals surface area contributed by atoms with Crippen LogP contribution < -0.4 is 4.90 Å². The Morgan fingerprint density at radius 3 is 2.53 bits per heavy atom. The third kappa shape index (κ3) is 3.53. The second-order valence-electron chi connectivity index (χ2n) is 8.89. The zero-order valence-corrected chi connectivity index (χ0v) is 20.1. The normalized spacial score (nSPS) is 16.3. The van der Waals surface area contributed by atoms with Crippen LogP contribution in [-0.2, 0) is 4.79 Å². The Hall–Kier alpha value is -3.71. The van der Waals surface area contributed by atoms with Crippen molar-refractivity contribution >= 4 is 38.4 Å². The van der Waals surface area contributed by atoms with Crippen molar-refractivity contribution in [2.75, 3.05) is 4.90 Å². The second-order valence-corrected chi connectivity index (χ2v) is 9.90. The van der Waals surface area contributed by atoms with Gasteiger partial charge in [-0.2, -0.15) is 0 Å². The third-order valence-electron chi connectivity index (χ3n) is 6.14. The van der Waals surface area contributed by atoms with Crippen molar-refractivity contribution in [3.05, 3.63) is 94.1 Å². The van der Waals surface area contributed by atoms with Crippen LogP contribution in [0.3, 0.4) is 0 Å². The number of anilines is 1. The smallest absolute Gasteiger partial charge is 0.296 e. The summed E-state index contributed by atoms with van der Waals surface area (Å²) in [5, 5.41) is 11.3. The van der Waals surface area contributed by atoms with Crippen molar-refractivity contribution in [2.24, 2.45) is 0 Å². The molecule has 3 heterocycles. The molecule has 1 aliphatic heterocycles. The summed E-state index contributed by atoms with van der Waals surface area (Å²) in [5.41, 5.74) is 4.75. The standard InChI is InChI=1S/C27H24N2O4S/c1-14(2)17-7-9-18(10-8-17)23-21(24(30)19-6-5-11-33-19)25(31)26(32)29(23)27-28-22-16(4)12-15(3)13-20(22)34-27/h5-14,23,31H,1-4H3. The van der Waals surface area contributed by atoms with Crippen LogP contribution >= 0.6 is 11.3 Å². The van der Waals surface area contributed by atoms with E-state index in [1.54, 1.807) is 6.07 Å². The number of ketones is 1. The van der Waals surface area contributed by atoms with E-state index in [1.807, 2.05) is 50.2 Å². The Morgan fingerprint density at radius 2 is 1.88 bits per heavy atom. The quantitative estimate of drug-likeness (QED) is 0.339. The molecular formula is C27H24N2O4S. The van der Waals surface area contributed by atoms with Crippen LogP contribution in [0.1, 0.15) is 58.6 Å². The predicted octanol–water partition coefficient (Wildman–Crippen LogP) is 6.41. The van der Waals surface area contributed by atoms with Gasteiger partial charge in [0.15, 0.2) is 16.7 Å². The number of thiazole rings is 1. The topological polar surface area (TPSA) is 83.6 Å². The molecule has 6 nitrogen and oxygen atoms in total. The highest BCUT2D eigenvalue weighted by Crippen LogP contribution is 2.44. The van der Waals surface area contributed by atoms with Crippen molar-refractivity contribution in [3.63, 3.8) is 0 Å². The number of Topliss-reactive ketones (excluding diaryl/α,β-unsaturated/α-hetero) is 1. The SMILES string of the molecule is Cc1cc(C)c2nc(N3C(=O)C(O)=C(C(=O)c4ccco4)C3c3ccc(C(C)C)cc3)sc2c1. The number of furan rings is 1. The van der Waals surface area contributed by atoms with E-state index < -0.39 is 23.5 Å². The van der Waals surface area contributed by atoms with Crippen molar-refractivity contribution in [2.45, 2.75) is 39.7 Å². The van der Waals surface area contributed by atoms with E-state index in [2.05, 4.69) is 13.8 Å². The number of hydrogen-bond acceptors (Lipinski definition) is 6. The number of hydrogen-bond donors (Lipinski definition) is 1. The lowest BCUT2D eigenvalue weighted by Gasteiger charge is -2.24. The third-order valence-corrected chi connectivity index (χ3v) is 7.14. The monoisotopic (exact) mass is 472 g/mol. The number of carbonyl (C=O) groups excluding carboxylic acids is 2. The van der Waals surface area contributed by atoms with Crippen LogP contribution in [0.25, 0.3) is 10.2 Å². The fraction of sp³-hybridized carbons (Fsp3) is 0.222. The van der Waals surface area contributed by atoms with E-state index >= 15 is 0 Å². The molecular weight excluding hydrogens is 448 g/mol. The number of amides is 1. The summed E-state index contributed by atoms with van der Waals surface area (Å²) in [7, 11) is 0. The molecule has 0 aliphatic carbocycles. The van der Waals surface area contributed by atoms with Crippen LogP contribution in [0, 0.1) is 13.8 Å². The first-order chi connectivity index (χ1) is 16.3. The molecule has 0 radical (unpaired) electrons. The van der Waals surface area contributed by atoms with Crippen LogP contribution in [0.5, 0.6) is 0 Å². The summed E-state index contributed by atoms with van der Waals surface area (Å²) in [6.07, 6.45) is 1.39. The molecule has 7 heteroatoms. The van der Waals surface area contributed by atoms with Gasteiger partial charge in [0.2, 0.25) is 5.78 Å². The summed E-state index contributed by atoms with van der Waals surface area (Å²) in [4.78, 5) is 32.9. The van der Waals surface area contributed by atoms with Crippen LogP contribution in [0.4, 0.5) is 5.13 Å². The maximum Gasteiger partial charge on any atom is 0.296 e. The fourth-order valence-corrected chi connectivity index (χ4v) is 5.58. The number of aliphatic hydroxyl groups excluding tert-OH is 1. The van der Waals surface area contributed by atoms with Gasteiger partial charge in [0.1, 0.15) is 0 Å². The van der Waals surface area contributed by atoms with Gasteiger partial charge >= 0.3 is 0 Å². The molecule has 0 saturated heterocycles. The number of carbonyl (C=O) groups is 2. The van der Waals surface area contributed by atoms with Crippen molar-refractivity contribution in [3.8, 4) is 0 Å². The molecule has 4 aromatic rings. The average Bonchev–Trinajstić information content (AvgIpc) is 3.53. The highest BCUT2D eigenvalue weighted by Gasteiger charge is 2.46. The van der Waals surface area contributed by atoms with Crippen LogP contribution in [-0.4, -0.2) is 21.8 Å². The molecule has 1 unspecified atom stereocenters. The van der Waals surface area contributed by atoms with E-state index in [1.165, 1.54) is 28.6 Å². The summed E-state index contributed by atoms with van der Waals surface area (Å²) < 4.78 is 6.25. The number of rotatable bonds is 5. The zero-order chi connectivity index (χ0) is 24.1. The van der Waals surface area contributed by atoms with E-state index in [0.717, 1.165) is 26.9 Å². The van der Waals surface area contributed by atoms with Crippen LogP contribution in [0.2, 0.25) is 0 Å². The first kappa shape index (κ1) is 22.1. The largest absolute Gasteiger partial charge is 0.503 e. The number of benzene rings is 2. The predicted molar refractivity (Wildman–Crippen MR) is 133 cm³/mol. The molecule has 0 saturated carbocycles. The molecule has 1 N–H and O–H groups in total. The van der Waals surface area contributed by atoms with Gasteiger partial charge in [0, 0.05) is 0 Å². The summed E-state index contributed by atoms with van der Waals surface area (Å²) in [6.45, 7) is 8.20. The average molecular weight is 473 g/mol. The van der Waals surface area contributed by atoms with Crippen molar-refractivity contribution in [1.29, 1.82) is 0 Å². The Bertz CT molecular complexity index is 1450. The molecule has 1 aliphatic rings. The Kier molecular flexibility index (Phi) is 5.37. The summed E-state index contributed by atoms with van der Waals surface area (Å²) in [6, 6.07) is 14.1. The van der Waals surface area contributed by atoms with Gasteiger partial charge in [-0.3, -0.25) is 14.5 Å². The van der Waals surface area contributed by atoms with Gasteiger partial charge in [0.05, 0.1) is 28.1 Å². The summed E-state index contributed by atoms with van der Waals surface area (Å²) in [5.74, 6) is -1.35. The minimum absolute atomic E-state index is 0.00981. The maximum absolute atomic E-state index is 13.4. The molecule has 2 aromatic carbocycles. The van der Waals surface area contributed by atoms with Gasteiger partial charge in [-0.1, -0.05) is 55.5 Å². The van der Waals surface area contributed by atoms with Gasteiger partial charge in [-0.05, 0) is 60.2 Å². The Morgan fingerprint density at radius 1 is 1.15 bits per heavy atom. The highest BCUT2D eigenvalue weighted by molar-refractivity contribution is 7.22. The Balaban J connectivity index is 1.68. The number of aryl methyl sites for hydroxylation is 2. The van der Waals surface area contributed by atoms with E-state index in [-0.39, 0.29) is 11.3 Å². The molecule has 1 amide bonds. The lowest BCUT2D eigenvalue weighted by Crippen LogP contribution is -2.31. The summed E-state index contributed by atoms with van der Waals surface area (Å²) >= 11 is 1.37. The maximum atomic E-state index is 13.4. The second kappa shape index (κ2) is 8.25. The van der Waals surface area contributed by atoms with Crippen molar-refractivity contribution < 1.29 is 19.1 Å². The highest BCUT2D eigenvalue weighted by atomic mass is 32.1. The number of aliphatic hydroxyl groups is 1. The molecule has 0 spiro atoms. The fourth-order valence-electron chi connectivity index (χ4n) is 4.42. The van der Waals surface area contributed by atoms with E-state index in [9.17, 15) is 14.7 Å². The lowest BCUT2D eigenvalue weighted by atomic mass is 9.93.